The Morgan fingerprint density at radius 3 is 2.32 bits per heavy atom. The fourth-order valence-corrected chi connectivity index (χ4v) is 8.67. The number of carbonyl (C=O) groups excluding carboxylic acids is 1. The van der Waals surface area contributed by atoms with Gasteiger partial charge in [-0.1, -0.05) is 32.6 Å². The fraction of sp³-hybridized carbons (Fsp3) is 0.920. The van der Waals surface area contributed by atoms with Crippen molar-refractivity contribution in [3.63, 3.8) is 0 Å². The van der Waals surface area contributed by atoms with Gasteiger partial charge < -0.3 is 15.5 Å². The molecule has 1 aliphatic heterocycles. The third-order valence-corrected chi connectivity index (χ3v) is 9.53. The second-order valence-electron chi connectivity index (χ2n) is 11.6. The lowest BCUT2D eigenvalue weighted by molar-refractivity contribution is -0.204. The monoisotopic (exact) mass is 434 g/mol. The van der Waals surface area contributed by atoms with Gasteiger partial charge in [0.2, 0.25) is 5.91 Å². The smallest absolute Gasteiger partial charge is 0.290 e. The lowest BCUT2D eigenvalue weighted by Gasteiger charge is -2.64. The Labute approximate surface area is 187 Å². The summed E-state index contributed by atoms with van der Waals surface area (Å²) in [6.45, 7) is 5.27. The van der Waals surface area contributed by atoms with Crippen molar-refractivity contribution in [2.24, 2.45) is 16.7 Å². The lowest BCUT2D eigenvalue weighted by Crippen LogP contribution is -2.65. The summed E-state index contributed by atoms with van der Waals surface area (Å²) in [6.07, 6.45) is 16.0. The van der Waals surface area contributed by atoms with Gasteiger partial charge in [-0.2, -0.15) is 0 Å². The minimum atomic E-state index is -0.579. The van der Waals surface area contributed by atoms with Crippen molar-refractivity contribution in [3.05, 3.63) is 0 Å². The molecule has 5 saturated carbocycles. The van der Waals surface area contributed by atoms with E-state index in [1.807, 2.05) is 0 Å². The van der Waals surface area contributed by atoms with E-state index in [4.69, 9.17) is 9.90 Å². The molecule has 176 valence electrons. The molecule has 5 aliphatic carbocycles. The predicted molar refractivity (Wildman–Crippen MR) is 120 cm³/mol. The zero-order valence-electron chi connectivity index (χ0n) is 19.3. The van der Waals surface area contributed by atoms with E-state index in [2.05, 4.69) is 17.1 Å². The van der Waals surface area contributed by atoms with Crippen LogP contribution in [0.5, 0.6) is 0 Å². The summed E-state index contributed by atoms with van der Waals surface area (Å²) in [5.74, 6) is 0.825. The zero-order chi connectivity index (χ0) is 22.2. The van der Waals surface area contributed by atoms with Crippen LogP contribution in [0.2, 0.25) is 0 Å². The predicted octanol–water partition coefficient (Wildman–Crippen LogP) is 3.71. The average molecular weight is 435 g/mol. The highest BCUT2D eigenvalue weighted by molar-refractivity contribution is 5.83. The standard InChI is InChI=1S/C24H40N2O2.CH2O2/c1-2-21-12-19-13-22(15-21,17-24(28,14-19)16-21)20(27)25-18-23(8-4-5-9-23)26-10-6-3-7-11-26;2-1-3/h19,28H,2-18H2,1H3,(H,25,27);1H,(H,2,3). The van der Waals surface area contributed by atoms with E-state index < -0.39 is 5.60 Å². The van der Waals surface area contributed by atoms with Gasteiger partial charge in [0.1, 0.15) is 0 Å². The third-order valence-electron chi connectivity index (χ3n) is 9.53. The summed E-state index contributed by atoms with van der Waals surface area (Å²) in [6, 6.07) is 0. The van der Waals surface area contributed by atoms with Crippen LogP contribution < -0.4 is 5.32 Å². The van der Waals surface area contributed by atoms with Gasteiger partial charge in [-0.15, -0.1) is 0 Å². The van der Waals surface area contributed by atoms with Crippen LogP contribution in [0.4, 0.5) is 0 Å². The molecule has 0 spiro atoms. The van der Waals surface area contributed by atoms with Crippen LogP contribution >= 0.6 is 0 Å². The number of likely N-dealkylation sites (tertiary alicyclic amines) is 1. The van der Waals surface area contributed by atoms with Gasteiger partial charge >= 0.3 is 0 Å². The van der Waals surface area contributed by atoms with E-state index in [-0.39, 0.29) is 28.7 Å². The molecule has 0 aromatic carbocycles. The normalized spacial score (nSPS) is 40.8. The van der Waals surface area contributed by atoms with Crippen molar-refractivity contribution in [1.82, 2.24) is 10.2 Å². The SMILES string of the molecule is CCC12CC3CC(O)(C1)CC(C(=O)NCC1(N4CCCCC4)CCCC1)(C3)C2.O=CO. The first-order chi connectivity index (χ1) is 14.8. The van der Waals surface area contributed by atoms with Crippen molar-refractivity contribution in [2.75, 3.05) is 19.6 Å². The van der Waals surface area contributed by atoms with Gasteiger partial charge in [0.25, 0.3) is 6.47 Å². The number of hydrogen-bond acceptors (Lipinski definition) is 4. The number of carboxylic acid groups (broad SMARTS) is 1. The quantitative estimate of drug-likeness (QED) is 0.574. The van der Waals surface area contributed by atoms with Crippen LogP contribution in [0.3, 0.4) is 0 Å². The van der Waals surface area contributed by atoms with Crippen molar-refractivity contribution in [1.29, 1.82) is 0 Å². The Morgan fingerprint density at radius 1 is 1.03 bits per heavy atom. The number of nitrogens with one attached hydrogen (secondary N) is 1. The first-order valence-corrected chi connectivity index (χ1v) is 12.7. The average Bonchev–Trinajstić information content (AvgIpc) is 3.22. The van der Waals surface area contributed by atoms with Crippen LogP contribution in [0, 0.1) is 16.7 Å². The molecule has 3 N–H and O–H groups in total. The molecular formula is C25H42N2O4. The van der Waals surface area contributed by atoms with E-state index in [1.165, 1.54) is 64.5 Å². The molecule has 4 atom stereocenters. The lowest BCUT2D eigenvalue weighted by atomic mass is 9.42. The zero-order valence-corrected chi connectivity index (χ0v) is 19.3. The molecule has 1 heterocycles. The maximum atomic E-state index is 13.6. The van der Waals surface area contributed by atoms with Crippen LogP contribution in [0.25, 0.3) is 0 Å². The van der Waals surface area contributed by atoms with Gasteiger partial charge in [0.15, 0.2) is 0 Å². The molecule has 6 aliphatic rings. The number of amides is 1. The molecule has 1 saturated heterocycles. The van der Waals surface area contributed by atoms with Crippen molar-refractivity contribution < 1.29 is 19.8 Å². The van der Waals surface area contributed by atoms with Crippen molar-refractivity contribution in [3.8, 4) is 0 Å². The highest BCUT2D eigenvalue weighted by Crippen LogP contribution is 2.67. The highest BCUT2D eigenvalue weighted by Gasteiger charge is 2.64. The van der Waals surface area contributed by atoms with Gasteiger partial charge in [0.05, 0.1) is 11.0 Å². The highest BCUT2D eigenvalue weighted by atomic mass is 16.3. The first-order valence-electron chi connectivity index (χ1n) is 12.7. The van der Waals surface area contributed by atoms with Crippen molar-refractivity contribution in [2.45, 2.75) is 108 Å². The number of rotatable bonds is 5. The summed E-state index contributed by atoms with van der Waals surface area (Å²) >= 11 is 0. The van der Waals surface area contributed by atoms with Gasteiger partial charge in [0, 0.05) is 12.1 Å². The Bertz CT molecular complexity index is 672. The van der Waals surface area contributed by atoms with E-state index in [9.17, 15) is 9.90 Å². The summed E-state index contributed by atoms with van der Waals surface area (Å²) < 4.78 is 0. The number of carbonyl (C=O) groups is 2. The molecule has 0 aromatic rings. The summed E-state index contributed by atoms with van der Waals surface area (Å²) in [5, 5.41) is 21.6. The second-order valence-corrected chi connectivity index (χ2v) is 11.6. The van der Waals surface area contributed by atoms with Crippen LogP contribution in [0.1, 0.15) is 96.8 Å². The Balaban J connectivity index is 0.000000730. The molecule has 6 fully saturated rings. The van der Waals surface area contributed by atoms with Crippen LogP contribution in [-0.4, -0.2) is 58.3 Å². The van der Waals surface area contributed by atoms with E-state index in [0.29, 0.717) is 12.3 Å². The minimum absolute atomic E-state index is 0.206. The molecule has 6 heteroatoms. The molecule has 6 nitrogen and oxygen atoms in total. The van der Waals surface area contributed by atoms with Gasteiger partial charge in [-0.3, -0.25) is 14.5 Å². The number of aliphatic hydroxyl groups is 1. The Hall–Kier alpha value is -1.14. The van der Waals surface area contributed by atoms with Crippen LogP contribution in [0.15, 0.2) is 0 Å². The largest absolute Gasteiger partial charge is 0.483 e. The summed E-state index contributed by atoms with van der Waals surface area (Å²) in [7, 11) is 0. The van der Waals surface area contributed by atoms with Crippen molar-refractivity contribution >= 4 is 12.4 Å². The topological polar surface area (TPSA) is 89.9 Å². The Kier molecular flexibility index (Phi) is 6.43. The molecule has 31 heavy (non-hydrogen) atoms. The first kappa shape index (κ1) is 23.0. The van der Waals surface area contributed by atoms with E-state index in [1.54, 1.807) is 0 Å². The minimum Gasteiger partial charge on any atom is -0.483 e. The maximum absolute atomic E-state index is 13.6. The molecular weight excluding hydrogens is 392 g/mol. The summed E-state index contributed by atoms with van der Waals surface area (Å²) in [4.78, 5) is 24.7. The second kappa shape index (κ2) is 8.66. The number of nitrogens with zero attached hydrogens (tertiary/aromatic N) is 1. The van der Waals surface area contributed by atoms with Gasteiger partial charge in [-0.25, -0.2) is 0 Å². The Morgan fingerprint density at radius 2 is 1.71 bits per heavy atom. The summed E-state index contributed by atoms with van der Waals surface area (Å²) in [5.41, 5.74) is -0.461. The third kappa shape index (κ3) is 4.27. The molecule has 6 rings (SSSR count). The fourth-order valence-electron chi connectivity index (χ4n) is 8.67. The molecule has 1 amide bonds. The number of hydrogen-bond donors (Lipinski definition) is 3. The van der Waals surface area contributed by atoms with E-state index in [0.717, 1.165) is 38.6 Å². The maximum Gasteiger partial charge on any atom is 0.290 e. The molecule has 4 bridgehead atoms. The van der Waals surface area contributed by atoms with E-state index >= 15 is 0 Å². The molecule has 0 aromatic heterocycles. The molecule has 4 unspecified atom stereocenters. The van der Waals surface area contributed by atoms with Crippen LogP contribution in [-0.2, 0) is 9.59 Å². The van der Waals surface area contributed by atoms with Gasteiger partial charge in [-0.05, 0) is 88.6 Å². The number of piperidine rings is 1. The molecule has 0 radical (unpaired) electrons.